The number of nitrogens with zero attached hydrogens (tertiary/aromatic N) is 3. The predicted molar refractivity (Wildman–Crippen MR) is 94.2 cm³/mol. The van der Waals surface area contributed by atoms with Crippen molar-refractivity contribution < 1.29 is 17.9 Å². The highest BCUT2D eigenvalue weighted by Gasteiger charge is 2.49. The van der Waals surface area contributed by atoms with E-state index in [1.807, 2.05) is 18.2 Å². The first-order valence-corrected chi connectivity index (χ1v) is 10.0. The van der Waals surface area contributed by atoms with Crippen LogP contribution in [0.25, 0.3) is 0 Å². The highest BCUT2D eigenvalue weighted by Crippen LogP contribution is 2.44. The molecule has 2 aliphatic rings. The van der Waals surface area contributed by atoms with Gasteiger partial charge in [-0.05, 0) is 19.9 Å². The Morgan fingerprint density at radius 3 is 2.42 bits per heavy atom. The van der Waals surface area contributed by atoms with Crippen LogP contribution < -0.4 is 0 Å². The maximum Gasteiger partial charge on any atom is 0.339 e. The Morgan fingerprint density at radius 2 is 1.81 bits per heavy atom. The van der Waals surface area contributed by atoms with Crippen molar-refractivity contribution in [1.29, 1.82) is 0 Å². The molecule has 2 aromatic rings. The summed E-state index contributed by atoms with van der Waals surface area (Å²) >= 11 is 0. The van der Waals surface area contributed by atoms with E-state index in [9.17, 15) is 13.2 Å². The number of fused-ring (bicyclic) bond motifs is 2. The number of aryl methyl sites for hydroxylation is 2. The average Bonchev–Trinajstić information content (AvgIpc) is 3.02. The molecule has 0 unspecified atom stereocenters. The van der Waals surface area contributed by atoms with Crippen LogP contribution in [0.2, 0.25) is 0 Å². The lowest BCUT2D eigenvalue weighted by molar-refractivity contribution is -0.0329. The third-order valence-electron chi connectivity index (χ3n) is 5.50. The Hall–Kier alpha value is -2.19. The summed E-state index contributed by atoms with van der Waals surface area (Å²) in [5, 5.41) is 4.22. The smallest absolute Gasteiger partial charge is 0.339 e. The van der Waals surface area contributed by atoms with Crippen LogP contribution in [0.15, 0.2) is 29.2 Å². The average molecular weight is 375 g/mol. The summed E-state index contributed by atoms with van der Waals surface area (Å²) in [5.74, 6) is -0.323. The van der Waals surface area contributed by atoms with E-state index in [0.29, 0.717) is 42.9 Å². The second-order valence-electron chi connectivity index (χ2n) is 6.96. The molecular formula is C18H21N3O4S. The first-order chi connectivity index (χ1) is 12.3. The zero-order chi connectivity index (χ0) is 18.7. The van der Waals surface area contributed by atoms with Gasteiger partial charge >= 0.3 is 5.97 Å². The molecule has 0 N–H and O–H groups in total. The van der Waals surface area contributed by atoms with Crippen LogP contribution in [-0.4, -0.2) is 41.6 Å². The van der Waals surface area contributed by atoms with Gasteiger partial charge in [0.1, 0.15) is 10.5 Å². The Labute approximate surface area is 152 Å². The maximum absolute atomic E-state index is 13.1. The van der Waals surface area contributed by atoms with E-state index in [1.165, 1.54) is 4.31 Å². The van der Waals surface area contributed by atoms with Gasteiger partial charge in [-0.3, -0.25) is 4.68 Å². The lowest BCUT2D eigenvalue weighted by Gasteiger charge is -2.37. The van der Waals surface area contributed by atoms with Crippen LogP contribution in [-0.2, 0) is 27.4 Å². The van der Waals surface area contributed by atoms with Crippen LogP contribution >= 0.6 is 0 Å². The standard InChI is InChI=1S/C18H21N3O4S/c1-12-16(13(2)20(3)19-12)26(23,24)21-10-8-18(9-11-21)15-7-5-4-6-14(15)17(22)25-18/h4-7H,8-11H2,1-3H3. The number of hydrogen-bond acceptors (Lipinski definition) is 5. The third-order valence-corrected chi connectivity index (χ3v) is 7.65. The van der Waals surface area contributed by atoms with Gasteiger partial charge in [-0.1, -0.05) is 18.2 Å². The monoisotopic (exact) mass is 375 g/mol. The van der Waals surface area contributed by atoms with Crippen LogP contribution in [0.3, 0.4) is 0 Å². The lowest BCUT2D eigenvalue weighted by atomic mass is 9.84. The van der Waals surface area contributed by atoms with Gasteiger partial charge in [-0.25, -0.2) is 13.2 Å². The molecule has 0 atom stereocenters. The van der Waals surface area contributed by atoms with Gasteiger partial charge in [0, 0.05) is 38.5 Å². The maximum atomic E-state index is 13.1. The van der Waals surface area contributed by atoms with E-state index >= 15 is 0 Å². The Kier molecular flexibility index (Phi) is 3.75. The molecule has 138 valence electrons. The zero-order valence-electron chi connectivity index (χ0n) is 15.0. The predicted octanol–water partition coefficient (Wildman–Crippen LogP) is 1.89. The molecule has 2 aliphatic heterocycles. The van der Waals surface area contributed by atoms with E-state index in [1.54, 1.807) is 31.6 Å². The number of sulfonamides is 1. The van der Waals surface area contributed by atoms with Gasteiger partial charge in [0.25, 0.3) is 0 Å². The number of carbonyl (C=O) groups excluding carboxylic acids is 1. The minimum Gasteiger partial charge on any atom is -0.450 e. The van der Waals surface area contributed by atoms with Crippen molar-refractivity contribution in [3.63, 3.8) is 0 Å². The fraction of sp³-hybridized carbons (Fsp3) is 0.444. The fourth-order valence-corrected chi connectivity index (χ4v) is 5.90. The third kappa shape index (κ3) is 2.32. The number of aromatic nitrogens is 2. The highest BCUT2D eigenvalue weighted by atomic mass is 32.2. The minimum absolute atomic E-state index is 0.278. The summed E-state index contributed by atoms with van der Waals surface area (Å²) in [6, 6.07) is 7.36. The molecule has 0 aliphatic carbocycles. The molecule has 1 spiro atoms. The summed E-state index contributed by atoms with van der Waals surface area (Å²) in [6.45, 7) is 4.07. The summed E-state index contributed by atoms with van der Waals surface area (Å²) < 4.78 is 35.0. The second-order valence-corrected chi connectivity index (χ2v) is 8.83. The molecule has 7 nitrogen and oxygen atoms in total. The van der Waals surface area contributed by atoms with E-state index in [-0.39, 0.29) is 10.9 Å². The largest absolute Gasteiger partial charge is 0.450 e. The molecule has 4 rings (SSSR count). The van der Waals surface area contributed by atoms with Crippen molar-refractivity contribution in [2.45, 2.75) is 37.2 Å². The van der Waals surface area contributed by atoms with E-state index in [4.69, 9.17) is 4.74 Å². The van der Waals surface area contributed by atoms with Crippen molar-refractivity contribution in [3.05, 3.63) is 46.8 Å². The van der Waals surface area contributed by atoms with Crippen molar-refractivity contribution in [3.8, 4) is 0 Å². The van der Waals surface area contributed by atoms with Gasteiger partial charge in [-0.15, -0.1) is 0 Å². The number of hydrogen-bond donors (Lipinski definition) is 0. The summed E-state index contributed by atoms with van der Waals surface area (Å²) in [5.41, 5.74) is 1.88. The van der Waals surface area contributed by atoms with Gasteiger partial charge in [0.05, 0.1) is 17.0 Å². The molecule has 3 heterocycles. The van der Waals surface area contributed by atoms with Gasteiger partial charge in [-0.2, -0.15) is 9.40 Å². The van der Waals surface area contributed by atoms with Crippen LogP contribution in [0, 0.1) is 13.8 Å². The van der Waals surface area contributed by atoms with Gasteiger partial charge < -0.3 is 4.74 Å². The van der Waals surface area contributed by atoms with E-state index < -0.39 is 15.6 Å². The Bertz CT molecular complexity index is 1000. The number of carbonyl (C=O) groups is 1. The highest BCUT2D eigenvalue weighted by molar-refractivity contribution is 7.89. The molecular weight excluding hydrogens is 354 g/mol. The quantitative estimate of drug-likeness (QED) is 0.749. The second kappa shape index (κ2) is 5.65. The van der Waals surface area contributed by atoms with E-state index in [2.05, 4.69) is 5.10 Å². The summed E-state index contributed by atoms with van der Waals surface area (Å²) in [4.78, 5) is 12.4. The van der Waals surface area contributed by atoms with Crippen molar-refractivity contribution in [2.24, 2.45) is 7.05 Å². The topological polar surface area (TPSA) is 81.5 Å². The zero-order valence-corrected chi connectivity index (χ0v) is 15.8. The number of ether oxygens (including phenoxy) is 1. The molecule has 1 fully saturated rings. The van der Waals surface area contributed by atoms with Crippen LogP contribution in [0.1, 0.15) is 40.2 Å². The fourth-order valence-electron chi connectivity index (χ4n) is 4.06. The molecule has 1 aromatic carbocycles. The molecule has 0 amide bonds. The lowest BCUT2D eigenvalue weighted by Crippen LogP contribution is -2.45. The Morgan fingerprint density at radius 1 is 1.15 bits per heavy atom. The number of esters is 1. The summed E-state index contributed by atoms with van der Waals surface area (Å²) in [7, 11) is -1.89. The minimum atomic E-state index is -3.63. The normalized spacial score (nSPS) is 19.6. The molecule has 26 heavy (non-hydrogen) atoms. The first kappa shape index (κ1) is 17.2. The molecule has 1 saturated heterocycles. The van der Waals surface area contributed by atoms with E-state index in [0.717, 1.165) is 5.56 Å². The number of benzene rings is 1. The number of rotatable bonds is 2. The van der Waals surface area contributed by atoms with Gasteiger partial charge in [0.2, 0.25) is 10.0 Å². The van der Waals surface area contributed by atoms with Crippen molar-refractivity contribution in [1.82, 2.24) is 14.1 Å². The van der Waals surface area contributed by atoms with Crippen LogP contribution in [0.4, 0.5) is 0 Å². The number of piperidine rings is 1. The first-order valence-electron chi connectivity index (χ1n) is 8.59. The SMILES string of the molecule is Cc1nn(C)c(C)c1S(=O)(=O)N1CCC2(CC1)OC(=O)c1ccccc12. The van der Waals surface area contributed by atoms with Crippen molar-refractivity contribution >= 4 is 16.0 Å². The molecule has 8 heteroatoms. The van der Waals surface area contributed by atoms with Gasteiger partial charge in [0.15, 0.2) is 0 Å². The van der Waals surface area contributed by atoms with Crippen molar-refractivity contribution in [2.75, 3.05) is 13.1 Å². The molecule has 0 saturated carbocycles. The summed E-state index contributed by atoms with van der Waals surface area (Å²) in [6.07, 6.45) is 0.903. The molecule has 0 radical (unpaired) electrons. The molecule has 1 aromatic heterocycles. The Balaban J connectivity index is 1.63. The molecule has 0 bridgehead atoms. The van der Waals surface area contributed by atoms with Crippen LogP contribution in [0.5, 0.6) is 0 Å².